The second-order valence-corrected chi connectivity index (χ2v) is 7.42. The highest BCUT2D eigenvalue weighted by Crippen LogP contribution is 2.12. The molecule has 1 rings (SSSR count). The summed E-state index contributed by atoms with van der Waals surface area (Å²) in [5.41, 5.74) is 0. The largest absolute Gasteiger partial charge is 0.309 e. The van der Waals surface area contributed by atoms with Crippen molar-refractivity contribution in [2.24, 2.45) is 0 Å². The zero-order chi connectivity index (χ0) is 12.3. The van der Waals surface area contributed by atoms with E-state index in [-0.39, 0.29) is 11.8 Å². The molecule has 0 aliphatic carbocycles. The fourth-order valence-corrected chi connectivity index (χ4v) is 3.30. The molecule has 0 saturated carbocycles. The molecular weight excluding hydrogens is 224 g/mol. The van der Waals surface area contributed by atoms with E-state index in [1.54, 1.807) is 0 Å². The zero-order valence-corrected chi connectivity index (χ0v) is 11.5. The molecule has 0 spiro atoms. The topological polar surface area (TPSA) is 49.4 Å². The van der Waals surface area contributed by atoms with Crippen molar-refractivity contribution in [2.75, 3.05) is 25.1 Å². The zero-order valence-electron chi connectivity index (χ0n) is 10.7. The molecule has 0 aromatic heterocycles. The summed E-state index contributed by atoms with van der Waals surface area (Å²) in [6, 6.07) is 1.07. The second-order valence-electron chi connectivity index (χ2n) is 5.23. The maximum atomic E-state index is 11.1. The highest BCUT2D eigenvalue weighted by atomic mass is 32.2. The van der Waals surface area contributed by atoms with Gasteiger partial charge in [0.05, 0.1) is 5.75 Å². The third kappa shape index (κ3) is 4.80. The molecule has 0 aromatic carbocycles. The SMILES string of the molecule is CC(CS(C)(=O)=O)NC1CCN(C(C)C)C1. The van der Waals surface area contributed by atoms with E-state index in [0.717, 1.165) is 19.5 Å². The Morgan fingerprint density at radius 3 is 2.44 bits per heavy atom. The van der Waals surface area contributed by atoms with Crippen LogP contribution >= 0.6 is 0 Å². The Morgan fingerprint density at radius 1 is 1.38 bits per heavy atom. The van der Waals surface area contributed by atoms with Gasteiger partial charge in [0.1, 0.15) is 9.84 Å². The van der Waals surface area contributed by atoms with Gasteiger partial charge < -0.3 is 5.32 Å². The average molecular weight is 248 g/mol. The first-order chi connectivity index (χ1) is 7.28. The minimum absolute atomic E-state index is 0.0483. The van der Waals surface area contributed by atoms with E-state index >= 15 is 0 Å². The number of hydrogen-bond acceptors (Lipinski definition) is 4. The van der Waals surface area contributed by atoms with Crippen LogP contribution in [0, 0.1) is 0 Å². The van der Waals surface area contributed by atoms with Crippen LogP contribution in [-0.4, -0.2) is 56.5 Å². The highest BCUT2D eigenvalue weighted by molar-refractivity contribution is 7.90. The van der Waals surface area contributed by atoms with Crippen molar-refractivity contribution in [1.29, 1.82) is 0 Å². The van der Waals surface area contributed by atoms with Crippen molar-refractivity contribution in [3.63, 3.8) is 0 Å². The summed E-state index contributed by atoms with van der Waals surface area (Å²) in [4.78, 5) is 2.42. The Bertz CT molecular complexity index is 314. The molecular formula is C11H24N2O2S. The van der Waals surface area contributed by atoms with Crippen molar-refractivity contribution in [1.82, 2.24) is 10.2 Å². The number of sulfone groups is 1. The van der Waals surface area contributed by atoms with E-state index in [2.05, 4.69) is 24.1 Å². The van der Waals surface area contributed by atoms with Crippen molar-refractivity contribution >= 4 is 9.84 Å². The molecule has 5 heteroatoms. The maximum Gasteiger partial charge on any atom is 0.148 e. The molecule has 2 atom stereocenters. The Morgan fingerprint density at radius 2 is 2.00 bits per heavy atom. The quantitative estimate of drug-likeness (QED) is 0.769. The Hall–Kier alpha value is -0.130. The van der Waals surface area contributed by atoms with Crippen LogP contribution in [0.1, 0.15) is 27.2 Å². The van der Waals surface area contributed by atoms with Crippen LogP contribution in [0.5, 0.6) is 0 Å². The van der Waals surface area contributed by atoms with Crippen LogP contribution in [0.25, 0.3) is 0 Å². The van der Waals surface area contributed by atoms with Crippen LogP contribution in [-0.2, 0) is 9.84 Å². The van der Waals surface area contributed by atoms with Gasteiger partial charge in [-0.15, -0.1) is 0 Å². The third-order valence-electron chi connectivity index (χ3n) is 3.02. The van der Waals surface area contributed by atoms with Gasteiger partial charge >= 0.3 is 0 Å². The van der Waals surface area contributed by atoms with Crippen LogP contribution < -0.4 is 5.32 Å². The lowest BCUT2D eigenvalue weighted by atomic mass is 10.2. The van der Waals surface area contributed by atoms with Gasteiger partial charge in [-0.25, -0.2) is 8.42 Å². The average Bonchev–Trinajstić information content (AvgIpc) is 2.48. The Kier molecular flexibility index (Phi) is 4.76. The number of nitrogens with one attached hydrogen (secondary N) is 1. The van der Waals surface area contributed by atoms with E-state index in [1.807, 2.05) is 6.92 Å². The van der Waals surface area contributed by atoms with Gasteiger partial charge in [-0.1, -0.05) is 0 Å². The first-order valence-electron chi connectivity index (χ1n) is 5.96. The normalized spacial score (nSPS) is 25.2. The minimum atomic E-state index is -2.87. The fourth-order valence-electron chi connectivity index (χ4n) is 2.30. The summed E-state index contributed by atoms with van der Waals surface area (Å²) < 4.78 is 22.3. The van der Waals surface area contributed by atoms with E-state index in [9.17, 15) is 8.42 Å². The van der Waals surface area contributed by atoms with E-state index < -0.39 is 9.84 Å². The molecule has 1 aliphatic heterocycles. The van der Waals surface area contributed by atoms with Gasteiger partial charge in [0, 0.05) is 30.9 Å². The molecule has 16 heavy (non-hydrogen) atoms. The monoisotopic (exact) mass is 248 g/mol. The van der Waals surface area contributed by atoms with Crippen molar-refractivity contribution in [3.05, 3.63) is 0 Å². The Balaban J connectivity index is 2.34. The summed E-state index contributed by atoms with van der Waals surface area (Å²) in [5, 5.41) is 3.40. The van der Waals surface area contributed by atoms with Crippen LogP contribution in [0.15, 0.2) is 0 Å². The number of nitrogens with zero attached hydrogens (tertiary/aromatic N) is 1. The molecule has 1 N–H and O–H groups in total. The minimum Gasteiger partial charge on any atom is -0.309 e. The molecule has 1 aliphatic rings. The summed E-state index contributed by atoms with van der Waals surface area (Å²) in [6.07, 6.45) is 2.41. The van der Waals surface area contributed by atoms with Gasteiger partial charge in [-0.2, -0.15) is 0 Å². The number of hydrogen-bond donors (Lipinski definition) is 1. The third-order valence-corrected chi connectivity index (χ3v) is 4.13. The molecule has 0 radical (unpaired) electrons. The van der Waals surface area contributed by atoms with Crippen molar-refractivity contribution < 1.29 is 8.42 Å². The van der Waals surface area contributed by atoms with Gasteiger partial charge in [-0.3, -0.25) is 4.90 Å². The second kappa shape index (κ2) is 5.47. The number of likely N-dealkylation sites (tertiary alicyclic amines) is 1. The molecule has 0 aromatic rings. The molecule has 4 nitrogen and oxygen atoms in total. The molecule has 1 heterocycles. The summed E-state index contributed by atoms with van der Waals surface area (Å²) in [6.45, 7) is 8.48. The van der Waals surface area contributed by atoms with Crippen LogP contribution in [0.3, 0.4) is 0 Å². The Labute approximate surface area is 99.3 Å². The van der Waals surface area contributed by atoms with Crippen LogP contribution in [0.4, 0.5) is 0 Å². The maximum absolute atomic E-state index is 11.1. The van der Waals surface area contributed by atoms with Gasteiger partial charge in [0.2, 0.25) is 0 Å². The van der Waals surface area contributed by atoms with E-state index in [0.29, 0.717) is 12.1 Å². The lowest BCUT2D eigenvalue weighted by molar-refractivity contribution is 0.266. The summed E-state index contributed by atoms with van der Waals surface area (Å²) in [7, 11) is -2.87. The smallest absolute Gasteiger partial charge is 0.148 e. The molecule has 0 bridgehead atoms. The summed E-state index contributed by atoms with van der Waals surface area (Å²) >= 11 is 0. The first-order valence-corrected chi connectivity index (χ1v) is 8.02. The lowest BCUT2D eigenvalue weighted by Gasteiger charge is -2.22. The van der Waals surface area contributed by atoms with Gasteiger partial charge in [-0.05, 0) is 33.7 Å². The van der Waals surface area contributed by atoms with Gasteiger partial charge in [0.15, 0.2) is 0 Å². The van der Waals surface area contributed by atoms with Crippen LogP contribution in [0.2, 0.25) is 0 Å². The standard InChI is InChI=1S/C11H24N2O2S/c1-9(2)13-6-5-11(7-13)12-10(3)8-16(4,14)15/h9-12H,5-8H2,1-4H3. The predicted octanol–water partition coefficient (Wildman–Crippen LogP) is 0.492. The molecule has 1 fully saturated rings. The molecule has 2 unspecified atom stereocenters. The molecule has 1 saturated heterocycles. The molecule has 0 amide bonds. The van der Waals surface area contributed by atoms with Gasteiger partial charge in [0.25, 0.3) is 0 Å². The van der Waals surface area contributed by atoms with Crippen molar-refractivity contribution in [3.8, 4) is 0 Å². The summed E-state index contributed by atoms with van der Waals surface area (Å²) in [5.74, 6) is 0.227. The predicted molar refractivity (Wildman–Crippen MR) is 67.4 cm³/mol. The van der Waals surface area contributed by atoms with E-state index in [4.69, 9.17) is 0 Å². The van der Waals surface area contributed by atoms with E-state index in [1.165, 1.54) is 6.26 Å². The van der Waals surface area contributed by atoms with Crippen molar-refractivity contribution in [2.45, 2.75) is 45.3 Å². The fraction of sp³-hybridized carbons (Fsp3) is 1.00. The lowest BCUT2D eigenvalue weighted by Crippen LogP contribution is -2.42. The molecule has 96 valence electrons. The number of rotatable bonds is 5. The first kappa shape index (κ1) is 13.9. The highest BCUT2D eigenvalue weighted by Gasteiger charge is 2.25.